The van der Waals surface area contributed by atoms with Gasteiger partial charge in [0.05, 0.1) is 0 Å². The predicted molar refractivity (Wildman–Crippen MR) is 102 cm³/mol. The van der Waals surface area contributed by atoms with Gasteiger partial charge in [-0.25, -0.2) is 4.98 Å². The Balaban J connectivity index is 1.25. The summed E-state index contributed by atoms with van der Waals surface area (Å²) in [5.41, 5.74) is 4.54. The van der Waals surface area contributed by atoms with Crippen LogP contribution in [0, 0.1) is 6.92 Å². The highest BCUT2D eigenvalue weighted by Gasteiger charge is 2.17. The van der Waals surface area contributed by atoms with E-state index >= 15 is 0 Å². The molecular weight excluding hydrogens is 310 g/mol. The molecule has 2 aromatic carbocycles. The minimum absolute atomic E-state index is 0.861. The molecule has 0 aliphatic carbocycles. The number of hydrogen-bond donors (Lipinski definition) is 0. The van der Waals surface area contributed by atoms with E-state index in [2.05, 4.69) is 46.0 Å². The van der Waals surface area contributed by atoms with E-state index < -0.39 is 0 Å². The maximum absolute atomic E-state index is 5.81. The Morgan fingerprint density at radius 2 is 1.84 bits per heavy atom. The van der Waals surface area contributed by atoms with E-state index in [1.807, 2.05) is 24.3 Å². The van der Waals surface area contributed by atoms with Crippen LogP contribution >= 0.6 is 0 Å². The maximum atomic E-state index is 5.81. The van der Waals surface area contributed by atoms with Crippen LogP contribution in [0.2, 0.25) is 0 Å². The number of oxazole rings is 1. The van der Waals surface area contributed by atoms with Crippen molar-refractivity contribution in [3.05, 3.63) is 60.0 Å². The maximum Gasteiger partial charge on any atom is 0.195 e. The normalized spacial score (nSPS) is 15.8. The average Bonchev–Trinajstić information content (AvgIpc) is 3.05. The average molecular weight is 335 g/mol. The second-order valence-electron chi connectivity index (χ2n) is 6.85. The van der Waals surface area contributed by atoms with Gasteiger partial charge in [-0.2, -0.15) is 0 Å². The van der Waals surface area contributed by atoms with Crippen LogP contribution in [-0.4, -0.2) is 42.6 Å². The molecule has 1 saturated heterocycles. The molecule has 1 fully saturated rings. The molecule has 0 bridgehead atoms. The van der Waals surface area contributed by atoms with Crippen LogP contribution in [0.25, 0.3) is 11.1 Å². The van der Waals surface area contributed by atoms with Crippen LogP contribution in [0.1, 0.15) is 17.9 Å². The van der Waals surface area contributed by atoms with Crippen molar-refractivity contribution >= 4 is 16.8 Å². The van der Waals surface area contributed by atoms with Crippen LogP contribution in [0.5, 0.6) is 0 Å². The number of anilines is 1. The van der Waals surface area contributed by atoms with Crippen LogP contribution in [0.3, 0.4) is 0 Å². The lowest BCUT2D eigenvalue weighted by Gasteiger charge is -2.36. The van der Waals surface area contributed by atoms with Gasteiger partial charge < -0.3 is 9.32 Å². The largest absolute Gasteiger partial charge is 0.441 e. The number of rotatable bonds is 5. The summed E-state index contributed by atoms with van der Waals surface area (Å²) < 4.78 is 5.81. The summed E-state index contributed by atoms with van der Waals surface area (Å²) in [4.78, 5) is 9.60. The topological polar surface area (TPSA) is 32.5 Å². The Hall–Kier alpha value is -2.33. The van der Waals surface area contributed by atoms with Crippen LogP contribution in [0.15, 0.2) is 52.9 Å². The molecule has 4 nitrogen and oxygen atoms in total. The molecule has 0 unspecified atom stereocenters. The van der Waals surface area contributed by atoms with Crippen molar-refractivity contribution in [3.63, 3.8) is 0 Å². The number of hydrogen-bond acceptors (Lipinski definition) is 4. The molecule has 1 aliphatic heterocycles. The molecule has 0 N–H and O–H groups in total. The lowest BCUT2D eigenvalue weighted by atomic mass is 10.2. The van der Waals surface area contributed by atoms with Crippen LogP contribution in [0.4, 0.5) is 5.69 Å². The number of aryl methyl sites for hydroxylation is 2. The molecule has 4 rings (SSSR count). The first-order valence-electron chi connectivity index (χ1n) is 9.16. The summed E-state index contributed by atoms with van der Waals surface area (Å²) in [5.74, 6) is 0.861. The van der Waals surface area contributed by atoms with Crippen molar-refractivity contribution < 1.29 is 4.42 Å². The Bertz CT molecular complexity index is 801. The molecule has 130 valence electrons. The van der Waals surface area contributed by atoms with Crippen molar-refractivity contribution in [2.24, 2.45) is 0 Å². The fourth-order valence-corrected chi connectivity index (χ4v) is 3.54. The molecule has 4 heteroatoms. The molecular formula is C21H25N3O. The predicted octanol–water partition coefficient (Wildman–Crippen LogP) is 3.89. The number of fused-ring (bicyclic) bond motifs is 1. The minimum atomic E-state index is 0.861. The first-order chi connectivity index (χ1) is 12.3. The zero-order valence-corrected chi connectivity index (χ0v) is 14.8. The quantitative estimate of drug-likeness (QED) is 0.708. The highest BCUT2D eigenvalue weighted by atomic mass is 16.3. The van der Waals surface area contributed by atoms with Gasteiger partial charge in [0, 0.05) is 38.3 Å². The van der Waals surface area contributed by atoms with Gasteiger partial charge in [0.2, 0.25) is 0 Å². The van der Waals surface area contributed by atoms with E-state index in [9.17, 15) is 0 Å². The molecule has 1 aliphatic rings. The summed E-state index contributed by atoms with van der Waals surface area (Å²) in [6.07, 6.45) is 2.00. The van der Waals surface area contributed by atoms with Gasteiger partial charge in [-0.1, -0.05) is 24.3 Å². The van der Waals surface area contributed by atoms with E-state index in [4.69, 9.17) is 4.42 Å². The third-order valence-electron chi connectivity index (χ3n) is 4.94. The van der Waals surface area contributed by atoms with E-state index in [1.54, 1.807) is 0 Å². The van der Waals surface area contributed by atoms with Gasteiger partial charge in [-0.05, 0) is 49.7 Å². The van der Waals surface area contributed by atoms with Gasteiger partial charge in [-0.15, -0.1) is 0 Å². The monoisotopic (exact) mass is 335 g/mol. The van der Waals surface area contributed by atoms with Crippen molar-refractivity contribution in [2.75, 3.05) is 37.6 Å². The van der Waals surface area contributed by atoms with E-state index in [0.717, 1.165) is 62.6 Å². The van der Waals surface area contributed by atoms with E-state index in [-0.39, 0.29) is 0 Å². The second-order valence-corrected chi connectivity index (χ2v) is 6.85. The van der Waals surface area contributed by atoms with Crippen molar-refractivity contribution in [1.82, 2.24) is 9.88 Å². The second kappa shape index (κ2) is 7.28. The first kappa shape index (κ1) is 16.2. The standard InChI is InChI=1S/C21H25N3O/c1-17-6-4-7-18(16-17)24-14-12-23(13-15-24)11-5-10-21-22-19-8-2-3-9-20(19)25-21/h2-4,6-9,16H,5,10-15H2,1H3. The van der Waals surface area contributed by atoms with Crippen molar-refractivity contribution in [2.45, 2.75) is 19.8 Å². The number of aromatic nitrogens is 1. The lowest BCUT2D eigenvalue weighted by molar-refractivity contribution is 0.253. The summed E-state index contributed by atoms with van der Waals surface area (Å²) >= 11 is 0. The molecule has 25 heavy (non-hydrogen) atoms. The molecule has 0 radical (unpaired) electrons. The summed E-state index contributed by atoms with van der Waals surface area (Å²) in [7, 11) is 0. The SMILES string of the molecule is Cc1cccc(N2CCN(CCCc3nc4ccccc4o3)CC2)c1. The smallest absolute Gasteiger partial charge is 0.195 e. The van der Waals surface area contributed by atoms with Crippen molar-refractivity contribution in [3.8, 4) is 0 Å². The number of benzene rings is 2. The van der Waals surface area contributed by atoms with Gasteiger partial charge in [0.1, 0.15) is 5.52 Å². The Kier molecular flexibility index (Phi) is 4.70. The van der Waals surface area contributed by atoms with Crippen molar-refractivity contribution in [1.29, 1.82) is 0 Å². The fourth-order valence-electron chi connectivity index (χ4n) is 3.54. The molecule has 3 aromatic rings. The summed E-state index contributed by atoms with van der Waals surface area (Å²) in [5, 5.41) is 0. The summed E-state index contributed by atoms with van der Waals surface area (Å²) in [6.45, 7) is 7.73. The molecule has 0 amide bonds. The lowest BCUT2D eigenvalue weighted by Crippen LogP contribution is -2.46. The van der Waals surface area contributed by atoms with E-state index in [0.29, 0.717) is 0 Å². The number of nitrogens with zero attached hydrogens (tertiary/aromatic N) is 3. The zero-order chi connectivity index (χ0) is 17.1. The summed E-state index contributed by atoms with van der Waals surface area (Å²) in [6, 6.07) is 16.8. The third kappa shape index (κ3) is 3.85. The van der Waals surface area contributed by atoms with Gasteiger partial charge in [0.25, 0.3) is 0 Å². The zero-order valence-electron chi connectivity index (χ0n) is 14.8. The van der Waals surface area contributed by atoms with Gasteiger partial charge in [-0.3, -0.25) is 4.90 Å². The fraction of sp³-hybridized carbons (Fsp3) is 0.381. The van der Waals surface area contributed by atoms with E-state index in [1.165, 1.54) is 11.3 Å². The van der Waals surface area contributed by atoms with Crippen LogP contribution < -0.4 is 4.90 Å². The minimum Gasteiger partial charge on any atom is -0.441 e. The number of piperazine rings is 1. The number of para-hydroxylation sites is 2. The highest BCUT2D eigenvalue weighted by Crippen LogP contribution is 2.19. The molecule has 0 atom stereocenters. The first-order valence-corrected chi connectivity index (χ1v) is 9.16. The molecule has 0 spiro atoms. The van der Waals surface area contributed by atoms with Gasteiger partial charge in [0.15, 0.2) is 11.5 Å². The molecule has 2 heterocycles. The molecule has 1 aromatic heterocycles. The highest BCUT2D eigenvalue weighted by molar-refractivity contribution is 5.72. The Morgan fingerprint density at radius 1 is 1.00 bits per heavy atom. The Morgan fingerprint density at radius 3 is 2.64 bits per heavy atom. The third-order valence-corrected chi connectivity index (χ3v) is 4.94. The molecule has 0 saturated carbocycles. The van der Waals surface area contributed by atoms with Crippen LogP contribution in [-0.2, 0) is 6.42 Å². The Labute approximate surface area is 149 Å². The van der Waals surface area contributed by atoms with Gasteiger partial charge >= 0.3 is 0 Å².